The average Bonchev–Trinajstić information content (AvgIpc) is 2.68. The van der Waals surface area contributed by atoms with Crippen molar-refractivity contribution in [1.82, 2.24) is 9.55 Å². The Morgan fingerprint density at radius 3 is 2.76 bits per heavy atom. The van der Waals surface area contributed by atoms with Gasteiger partial charge in [0.25, 0.3) is 5.56 Å². The minimum Gasteiger partial charge on any atom is -0.433 e. The van der Waals surface area contributed by atoms with Crippen molar-refractivity contribution in [2.45, 2.75) is 25.2 Å². The minimum atomic E-state index is -2.99. The molecule has 0 saturated heterocycles. The summed E-state index contributed by atoms with van der Waals surface area (Å²) in [4.78, 5) is 29.3. The van der Waals surface area contributed by atoms with Gasteiger partial charge in [-0.25, -0.2) is 4.98 Å². The number of ether oxygens (including phenoxy) is 1. The van der Waals surface area contributed by atoms with Crippen LogP contribution in [0.3, 0.4) is 0 Å². The Balaban J connectivity index is 1.71. The molecule has 0 saturated carbocycles. The van der Waals surface area contributed by atoms with Crippen molar-refractivity contribution < 1.29 is 18.3 Å². The van der Waals surface area contributed by atoms with Crippen LogP contribution in [0.5, 0.6) is 5.75 Å². The highest BCUT2D eigenvalue weighted by Crippen LogP contribution is 2.29. The van der Waals surface area contributed by atoms with Gasteiger partial charge in [-0.15, -0.1) is 0 Å². The number of nitrogens with one attached hydrogen (secondary N) is 1. The maximum atomic E-state index is 12.6. The molecule has 1 N–H and O–H groups in total. The van der Waals surface area contributed by atoms with E-state index in [1.807, 2.05) is 6.92 Å². The molecule has 0 unspecified atom stereocenters. The SMILES string of the molecule is CCn1c(SCC(=O)Nc2ccc(OC(F)F)c(Cl)c2)nc2ccccc2c1=O. The summed E-state index contributed by atoms with van der Waals surface area (Å²) in [5, 5.41) is 3.52. The number of carbonyl (C=O) groups excluding carboxylic acids is 1. The van der Waals surface area contributed by atoms with Gasteiger partial charge in [0.1, 0.15) is 5.75 Å². The molecule has 0 atom stereocenters. The number of halogens is 3. The molecule has 0 aliphatic carbocycles. The first kappa shape index (κ1) is 21.1. The summed E-state index contributed by atoms with van der Waals surface area (Å²) in [7, 11) is 0. The minimum absolute atomic E-state index is 0.00230. The third kappa shape index (κ3) is 5.04. The standard InChI is InChI=1S/C19H16ClF2N3O3S/c1-2-25-17(27)12-5-3-4-6-14(12)24-19(25)29-10-16(26)23-11-7-8-15(13(20)9-11)28-18(21)22/h3-9,18H,2,10H2,1H3,(H,23,26). The van der Waals surface area contributed by atoms with E-state index >= 15 is 0 Å². The molecule has 3 rings (SSSR count). The van der Waals surface area contributed by atoms with Crippen molar-refractivity contribution in [3.8, 4) is 5.75 Å². The molecule has 3 aromatic rings. The second-order valence-corrected chi connectivity index (χ2v) is 7.17. The largest absolute Gasteiger partial charge is 0.433 e. The molecular weight excluding hydrogens is 424 g/mol. The van der Waals surface area contributed by atoms with E-state index in [1.165, 1.54) is 22.8 Å². The van der Waals surface area contributed by atoms with E-state index < -0.39 is 6.61 Å². The Morgan fingerprint density at radius 2 is 2.07 bits per heavy atom. The first-order valence-electron chi connectivity index (χ1n) is 8.55. The molecule has 0 aliphatic rings. The number of para-hydroxylation sites is 1. The first-order valence-corrected chi connectivity index (χ1v) is 9.92. The number of thioether (sulfide) groups is 1. The number of benzene rings is 2. The van der Waals surface area contributed by atoms with Crippen molar-refractivity contribution in [2.24, 2.45) is 0 Å². The normalized spacial score (nSPS) is 11.1. The van der Waals surface area contributed by atoms with Crippen molar-refractivity contribution in [3.63, 3.8) is 0 Å². The van der Waals surface area contributed by atoms with Crippen LogP contribution in [0.1, 0.15) is 6.92 Å². The molecule has 1 aromatic heterocycles. The predicted octanol–water partition coefficient (Wildman–Crippen LogP) is 4.40. The van der Waals surface area contributed by atoms with Crippen molar-refractivity contribution >= 4 is 45.9 Å². The van der Waals surface area contributed by atoms with E-state index in [0.29, 0.717) is 28.3 Å². The molecule has 6 nitrogen and oxygen atoms in total. The van der Waals surface area contributed by atoms with Crippen molar-refractivity contribution in [3.05, 3.63) is 57.8 Å². The maximum Gasteiger partial charge on any atom is 0.387 e. The molecule has 0 aliphatic heterocycles. The number of fused-ring (bicyclic) bond motifs is 1. The zero-order chi connectivity index (χ0) is 21.0. The average molecular weight is 440 g/mol. The number of amides is 1. The fourth-order valence-corrected chi connectivity index (χ4v) is 3.72. The summed E-state index contributed by atoms with van der Waals surface area (Å²) in [6.45, 7) is -0.746. The van der Waals surface area contributed by atoms with E-state index in [1.54, 1.807) is 24.3 Å². The third-order valence-corrected chi connectivity index (χ3v) is 5.18. The molecule has 29 heavy (non-hydrogen) atoms. The molecular formula is C19H16ClF2N3O3S. The number of carbonyl (C=O) groups is 1. The number of nitrogens with zero attached hydrogens (tertiary/aromatic N) is 2. The molecule has 152 valence electrons. The highest BCUT2D eigenvalue weighted by atomic mass is 35.5. The number of hydrogen-bond donors (Lipinski definition) is 1. The second-order valence-electron chi connectivity index (χ2n) is 5.82. The summed E-state index contributed by atoms with van der Waals surface area (Å²) in [5.41, 5.74) is 0.732. The number of rotatable bonds is 7. The summed E-state index contributed by atoms with van der Waals surface area (Å²) in [5.74, 6) is -0.544. The Bertz CT molecular complexity index is 1110. The van der Waals surface area contributed by atoms with Gasteiger partial charge >= 0.3 is 6.61 Å². The highest BCUT2D eigenvalue weighted by molar-refractivity contribution is 7.99. The summed E-state index contributed by atoms with van der Waals surface area (Å²) in [6.07, 6.45) is 0. The van der Waals surface area contributed by atoms with E-state index in [9.17, 15) is 18.4 Å². The van der Waals surface area contributed by atoms with Gasteiger partial charge in [0.15, 0.2) is 5.16 Å². The van der Waals surface area contributed by atoms with Crippen LogP contribution >= 0.6 is 23.4 Å². The number of anilines is 1. The molecule has 2 aromatic carbocycles. The van der Waals surface area contributed by atoms with Gasteiger partial charge in [-0.2, -0.15) is 8.78 Å². The monoisotopic (exact) mass is 439 g/mol. The van der Waals surface area contributed by atoms with Crippen molar-refractivity contribution in [1.29, 1.82) is 0 Å². The van der Waals surface area contributed by atoms with Crippen LogP contribution in [-0.4, -0.2) is 27.8 Å². The van der Waals surface area contributed by atoms with Gasteiger partial charge in [0, 0.05) is 12.2 Å². The van der Waals surface area contributed by atoms with Gasteiger partial charge in [0.2, 0.25) is 5.91 Å². The number of hydrogen-bond acceptors (Lipinski definition) is 5. The molecule has 0 radical (unpaired) electrons. The van der Waals surface area contributed by atoms with Crippen LogP contribution in [0.25, 0.3) is 10.9 Å². The Kier molecular flexibility index (Phi) is 6.71. The summed E-state index contributed by atoms with van der Waals surface area (Å²) < 4.78 is 30.3. The molecule has 0 spiro atoms. The summed E-state index contributed by atoms with van der Waals surface area (Å²) >= 11 is 7.01. The molecule has 1 heterocycles. The lowest BCUT2D eigenvalue weighted by Crippen LogP contribution is -2.23. The molecule has 0 bridgehead atoms. The van der Waals surface area contributed by atoms with Gasteiger partial charge in [-0.3, -0.25) is 14.2 Å². The quantitative estimate of drug-likeness (QED) is 0.436. The van der Waals surface area contributed by atoms with Crippen LogP contribution in [0.4, 0.5) is 14.5 Å². The Hall–Kier alpha value is -2.65. The smallest absolute Gasteiger partial charge is 0.387 e. The molecule has 1 amide bonds. The highest BCUT2D eigenvalue weighted by Gasteiger charge is 2.13. The van der Waals surface area contributed by atoms with Crippen LogP contribution in [0.2, 0.25) is 5.02 Å². The van der Waals surface area contributed by atoms with Crippen molar-refractivity contribution in [2.75, 3.05) is 11.1 Å². The van der Waals surface area contributed by atoms with E-state index in [4.69, 9.17) is 11.6 Å². The third-order valence-electron chi connectivity index (χ3n) is 3.91. The topological polar surface area (TPSA) is 73.2 Å². The fourth-order valence-electron chi connectivity index (χ4n) is 2.63. The van der Waals surface area contributed by atoms with Crippen LogP contribution in [0, 0.1) is 0 Å². The zero-order valence-corrected chi connectivity index (χ0v) is 16.8. The van der Waals surface area contributed by atoms with Crippen LogP contribution < -0.4 is 15.6 Å². The summed E-state index contributed by atoms with van der Waals surface area (Å²) in [6, 6.07) is 11.0. The van der Waals surface area contributed by atoms with Gasteiger partial charge in [0.05, 0.1) is 21.7 Å². The lowest BCUT2D eigenvalue weighted by Gasteiger charge is -2.12. The van der Waals surface area contributed by atoms with E-state index in [-0.39, 0.29) is 28.0 Å². The molecule has 0 fully saturated rings. The molecule has 10 heteroatoms. The zero-order valence-electron chi connectivity index (χ0n) is 15.2. The first-order chi connectivity index (χ1) is 13.9. The number of aromatic nitrogens is 2. The second kappa shape index (κ2) is 9.23. The van der Waals surface area contributed by atoms with Gasteiger partial charge in [-0.1, -0.05) is 35.5 Å². The van der Waals surface area contributed by atoms with E-state index in [0.717, 1.165) is 11.8 Å². The van der Waals surface area contributed by atoms with Crippen LogP contribution in [0.15, 0.2) is 52.4 Å². The van der Waals surface area contributed by atoms with E-state index in [2.05, 4.69) is 15.0 Å². The predicted molar refractivity (Wildman–Crippen MR) is 109 cm³/mol. The maximum absolute atomic E-state index is 12.6. The van der Waals surface area contributed by atoms with Crippen LogP contribution in [-0.2, 0) is 11.3 Å². The lowest BCUT2D eigenvalue weighted by atomic mass is 10.2. The number of alkyl halides is 2. The fraction of sp³-hybridized carbons (Fsp3) is 0.211. The Labute approximate surface area is 173 Å². The lowest BCUT2D eigenvalue weighted by molar-refractivity contribution is -0.113. The van der Waals surface area contributed by atoms with Gasteiger partial charge in [-0.05, 0) is 37.3 Å². The van der Waals surface area contributed by atoms with Gasteiger partial charge < -0.3 is 10.1 Å². The Morgan fingerprint density at radius 1 is 1.31 bits per heavy atom.